The lowest BCUT2D eigenvalue weighted by Crippen LogP contribution is -2.45. The fourth-order valence-corrected chi connectivity index (χ4v) is 3.75. The summed E-state index contributed by atoms with van der Waals surface area (Å²) in [4.78, 5) is 30.9. The molecule has 0 bridgehead atoms. The largest absolute Gasteiger partial charge is 0.486 e. The molecule has 7 nitrogen and oxygen atoms in total. The van der Waals surface area contributed by atoms with Crippen LogP contribution in [0.15, 0.2) is 54.6 Å². The Labute approximate surface area is 169 Å². The molecule has 1 unspecified atom stereocenters. The Kier molecular flexibility index (Phi) is 5.46. The normalized spacial score (nSPS) is 16.7. The summed E-state index contributed by atoms with van der Waals surface area (Å²) < 4.78 is 7.77. The highest BCUT2D eigenvalue weighted by Gasteiger charge is 2.27. The number of carbonyl (C=O) groups is 2. The first-order chi connectivity index (χ1) is 14.1. The average molecular weight is 392 g/mol. The molecule has 2 amide bonds. The van der Waals surface area contributed by atoms with E-state index in [0.29, 0.717) is 18.9 Å². The van der Waals surface area contributed by atoms with Gasteiger partial charge in [-0.3, -0.25) is 9.59 Å². The lowest BCUT2D eigenvalue weighted by Gasteiger charge is -2.31. The minimum Gasteiger partial charge on any atom is -0.486 e. The molecule has 1 saturated heterocycles. The summed E-state index contributed by atoms with van der Waals surface area (Å²) in [5, 5.41) is 0. The second-order valence-corrected chi connectivity index (χ2v) is 7.29. The Hall–Kier alpha value is -3.35. The van der Waals surface area contributed by atoms with E-state index in [1.54, 1.807) is 4.90 Å². The first-order valence-corrected chi connectivity index (χ1v) is 9.81. The Morgan fingerprint density at radius 1 is 1.10 bits per heavy atom. The first kappa shape index (κ1) is 19.0. The molecular weight excluding hydrogens is 368 g/mol. The summed E-state index contributed by atoms with van der Waals surface area (Å²) in [6.07, 6.45) is 1.53. The summed E-state index contributed by atoms with van der Waals surface area (Å²) in [5.74, 6) is 0.783. The van der Waals surface area contributed by atoms with E-state index in [1.165, 1.54) is 0 Å². The van der Waals surface area contributed by atoms with Gasteiger partial charge in [0.2, 0.25) is 11.8 Å². The Morgan fingerprint density at radius 2 is 1.86 bits per heavy atom. The van der Waals surface area contributed by atoms with Crippen molar-refractivity contribution in [1.82, 2.24) is 14.5 Å². The lowest BCUT2D eigenvalue weighted by atomic mass is 9.97. The zero-order chi connectivity index (χ0) is 20.2. The van der Waals surface area contributed by atoms with Gasteiger partial charge in [-0.05, 0) is 37.1 Å². The van der Waals surface area contributed by atoms with Crippen molar-refractivity contribution in [3.8, 4) is 5.75 Å². The monoisotopic (exact) mass is 392 g/mol. The quantitative estimate of drug-likeness (QED) is 0.697. The van der Waals surface area contributed by atoms with Crippen LogP contribution in [0.2, 0.25) is 0 Å². The van der Waals surface area contributed by atoms with Gasteiger partial charge in [0.1, 0.15) is 24.7 Å². The SMILES string of the molecule is NC(=O)C1CCCN(C(=O)Cn2c(COc3ccccc3)nc3ccccc32)C1. The number of para-hydroxylation sites is 3. The van der Waals surface area contributed by atoms with Gasteiger partial charge in [-0.1, -0.05) is 30.3 Å². The van der Waals surface area contributed by atoms with E-state index in [2.05, 4.69) is 4.98 Å². The van der Waals surface area contributed by atoms with Crippen LogP contribution < -0.4 is 10.5 Å². The molecular formula is C22H24N4O3. The molecule has 150 valence electrons. The van der Waals surface area contributed by atoms with Crippen LogP contribution in [-0.2, 0) is 22.7 Å². The number of imidazole rings is 1. The molecule has 1 aromatic heterocycles. The van der Waals surface area contributed by atoms with E-state index in [9.17, 15) is 9.59 Å². The zero-order valence-corrected chi connectivity index (χ0v) is 16.2. The van der Waals surface area contributed by atoms with E-state index in [0.717, 1.165) is 29.6 Å². The van der Waals surface area contributed by atoms with Crippen molar-refractivity contribution in [2.75, 3.05) is 13.1 Å². The van der Waals surface area contributed by atoms with Crippen molar-refractivity contribution in [2.45, 2.75) is 26.0 Å². The first-order valence-electron chi connectivity index (χ1n) is 9.81. The number of hydrogen-bond donors (Lipinski definition) is 1. The van der Waals surface area contributed by atoms with Gasteiger partial charge in [-0.25, -0.2) is 4.98 Å². The fourth-order valence-electron chi connectivity index (χ4n) is 3.75. The smallest absolute Gasteiger partial charge is 0.242 e. The molecule has 3 aromatic rings. The summed E-state index contributed by atoms with van der Waals surface area (Å²) >= 11 is 0. The molecule has 29 heavy (non-hydrogen) atoms. The number of nitrogens with zero attached hydrogens (tertiary/aromatic N) is 3. The van der Waals surface area contributed by atoms with Crippen molar-refractivity contribution in [1.29, 1.82) is 0 Å². The van der Waals surface area contributed by atoms with E-state index >= 15 is 0 Å². The van der Waals surface area contributed by atoms with Crippen molar-refractivity contribution < 1.29 is 14.3 Å². The van der Waals surface area contributed by atoms with Crippen LogP contribution in [0, 0.1) is 5.92 Å². The number of amides is 2. The molecule has 7 heteroatoms. The van der Waals surface area contributed by atoms with Crippen molar-refractivity contribution in [2.24, 2.45) is 11.7 Å². The van der Waals surface area contributed by atoms with Crippen LogP contribution in [0.3, 0.4) is 0 Å². The molecule has 2 aromatic carbocycles. The molecule has 4 rings (SSSR count). The molecule has 1 aliphatic rings. The molecule has 2 heterocycles. The number of likely N-dealkylation sites (tertiary alicyclic amines) is 1. The van der Waals surface area contributed by atoms with Gasteiger partial charge in [0.15, 0.2) is 0 Å². The average Bonchev–Trinajstić information content (AvgIpc) is 3.10. The van der Waals surface area contributed by atoms with Gasteiger partial charge in [-0.2, -0.15) is 0 Å². The van der Waals surface area contributed by atoms with Crippen molar-refractivity contribution in [3.63, 3.8) is 0 Å². The predicted molar refractivity (Wildman–Crippen MR) is 109 cm³/mol. The third kappa shape index (κ3) is 4.23. The Balaban J connectivity index is 1.55. The van der Waals surface area contributed by atoms with Crippen LogP contribution in [0.25, 0.3) is 11.0 Å². The zero-order valence-electron chi connectivity index (χ0n) is 16.2. The van der Waals surface area contributed by atoms with Crippen molar-refractivity contribution in [3.05, 3.63) is 60.4 Å². The van der Waals surface area contributed by atoms with E-state index < -0.39 is 0 Å². The third-order valence-electron chi connectivity index (χ3n) is 5.31. The topological polar surface area (TPSA) is 90.5 Å². The number of fused-ring (bicyclic) bond motifs is 1. The van der Waals surface area contributed by atoms with Crippen LogP contribution in [-0.4, -0.2) is 39.4 Å². The van der Waals surface area contributed by atoms with E-state index in [4.69, 9.17) is 10.5 Å². The summed E-state index contributed by atoms with van der Waals surface area (Å²) in [6.45, 7) is 1.44. The second kappa shape index (κ2) is 8.34. The molecule has 0 aliphatic carbocycles. The number of hydrogen-bond acceptors (Lipinski definition) is 4. The number of piperidine rings is 1. The summed E-state index contributed by atoms with van der Waals surface area (Å²) in [7, 11) is 0. The standard InChI is InChI=1S/C22H24N4O3/c23-22(28)16-7-6-12-25(13-16)21(27)14-26-19-11-5-4-10-18(19)24-20(26)15-29-17-8-2-1-3-9-17/h1-5,8-11,16H,6-7,12-15H2,(H2,23,28). The molecule has 0 saturated carbocycles. The summed E-state index contributed by atoms with van der Waals surface area (Å²) in [5.41, 5.74) is 7.16. The Bertz CT molecular complexity index is 1020. The third-order valence-corrected chi connectivity index (χ3v) is 5.31. The van der Waals surface area contributed by atoms with Gasteiger partial charge in [0.05, 0.1) is 17.0 Å². The second-order valence-electron chi connectivity index (χ2n) is 7.29. The van der Waals surface area contributed by atoms with Gasteiger partial charge in [0.25, 0.3) is 0 Å². The number of aromatic nitrogens is 2. The van der Waals surface area contributed by atoms with Crippen LogP contribution in [0.4, 0.5) is 0 Å². The van der Waals surface area contributed by atoms with Gasteiger partial charge in [0, 0.05) is 13.1 Å². The number of ether oxygens (including phenoxy) is 1. The minimum absolute atomic E-state index is 0.0416. The number of carbonyl (C=O) groups excluding carboxylic acids is 2. The fraction of sp³-hybridized carbons (Fsp3) is 0.318. The van der Waals surface area contributed by atoms with Gasteiger partial charge >= 0.3 is 0 Å². The van der Waals surface area contributed by atoms with Gasteiger partial charge < -0.3 is 19.9 Å². The maximum Gasteiger partial charge on any atom is 0.242 e. The van der Waals surface area contributed by atoms with Gasteiger partial charge in [-0.15, -0.1) is 0 Å². The minimum atomic E-state index is -0.340. The number of rotatable bonds is 6. The highest BCUT2D eigenvalue weighted by Crippen LogP contribution is 2.20. The van der Waals surface area contributed by atoms with E-state index in [-0.39, 0.29) is 30.9 Å². The lowest BCUT2D eigenvalue weighted by molar-refractivity contribution is -0.135. The maximum atomic E-state index is 13.0. The number of primary amides is 1. The highest BCUT2D eigenvalue weighted by atomic mass is 16.5. The van der Waals surface area contributed by atoms with Crippen molar-refractivity contribution >= 4 is 22.8 Å². The highest BCUT2D eigenvalue weighted by molar-refractivity contribution is 5.82. The maximum absolute atomic E-state index is 13.0. The molecule has 2 N–H and O–H groups in total. The molecule has 1 fully saturated rings. The van der Waals surface area contributed by atoms with Crippen LogP contribution in [0.5, 0.6) is 5.75 Å². The summed E-state index contributed by atoms with van der Waals surface area (Å²) in [6, 6.07) is 17.2. The number of nitrogens with two attached hydrogens (primary N) is 1. The number of benzene rings is 2. The predicted octanol–water partition coefficient (Wildman–Crippen LogP) is 2.34. The van der Waals surface area contributed by atoms with Crippen LogP contribution >= 0.6 is 0 Å². The molecule has 0 spiro atoms. The Morgan fingerprint density at radius 3 is 2.66 bits per heavy atom. The van der Waals surface area contributed by atoms with E-state index in [1.807, 2.05) is 59.2 Å². The molecule has 1 aliphatic heterocycles. The van der Waals surface area contributed by atoms with Crippen LogP contribution in [0.1, 0.15) is 18.7 Å². The molecule has 1 atom stereocenters. The molecule has 0 radical (unpaired) electrons.